The number of aromatic amines is 1. The van der Waals surface area contributed by atoms with E-state index in [1.54, 1.807) is 23.0 Å². The van der Waals surface area contributed by atoms with Gasteiger partial charge in [-0.25, -0.2) is 18.8 Å². The zero-order valence-electron chi connectivity index (χ0n) is 18.7. The Morgan fingerprint density at radius 1 is 1.23 bits per heavy atom. The van der Waals surface area contributed by atoms with Crippen LogP contribution in [0.15, 0.2) is 24.8 Å². The third-order valence-corrected chi connectivity index (χ3v) is 6.82. The summed E-state index contributed by atoms with van der Waals surface area (Å²) < 4.78 is 30.4. The van der Waals surface area contributed by atoms with E-state index in [2.05, 4.69) is 35.8 Å². The molecule has 2 unspecified atom stereocenters. The highest BCUT2D eigenvalue weighted by molar-refractivity contribution is 6.35. The normalized spacial score (nSPS) is 21.0. The average Bonchev–Trinajstić information content (AvgIpc) is 3.20. The molecule has 0 spiro atoms. The summed E-state index contributed by atoms with van der Waals surface area (Å²) in [5, 5.41) is 12.1. The smallest absolute Gasteiger partial charge is 0.231 e. The van der Waals surface area contributed by atoms with E-state index in [-0.39, 0.29) is 22.9 Å². The molecule has 4 aromatic rings. The van der Waals surface area contributed by atoms with Crippen molar-refractivity contribution in [3.63, 3.8) is 0 Å². The van der Waals surface area contributed by atoms with E-state index in [0.717, 1.165) is 26.2 Å². The third-order valence-electron chi connectivity index (χ3n) is 6.46. The number of H-pyrrole nitrogens is 1. The minimum absolute atomic E-state index is 0.0845. The Balaban J connectivity index is 1.35. The van der Waals surface area contributed by atoms with Gasteiger partial charge in [0.1, 0.15) is 11.9 Å². The SMILES string of the molecule is CN1CCN(Nc2c(F)c(Cl)c(-c3cn4cc(NC(=O)C5CC5F)nc4cn3)c3cn[nH]c23)CC1. The number of nitrogens with zero attached hydrogens (tertiary/aromatic N) is 6. The molecule has 1 aromatic carbocycles. The summed E-state index contributed by atoms with van der Waals surface area (Å²) in [7, 11) is 2.05. The van der Waals surface area contributed by atoms with Gasteiger partial charge in [0.25, 0.3) is 0 Å². The molecule has 2 aliphatic rings. The number of piperazine rings is 1. The van der Waals surface area contributed by atoms with Crippen LogP contribution in [0.25, 0.3) is 27.8 Å². The summed E-state index contributed by atoms with van der Waals surface area (Å²) in [6, 6.07) is 0. The fourth-order valence-corrected chi connectivity index (χ4v) is 4.58. The number of fused-ring (bicyclic) bond motifs is 2. The fraction of sp³-hybridized carbons (Fsp3) is 0.364. The van der Waals surface area contributed by atoms with Gasteiger partial charge in [-0.3, -0.25) is 14.9 Å². The molecular weight excluding hydrogens is 480 g/mol. The summed E-state index contributed by atoms with van der Waals surface area (Å²) in [5.41, 5.74) is 5.12. The number of anilines is 2. The Kier molecular flexibility index (Phi) is 5.31. The molecular formula is C22H22ClF2N9O. The summed E-state index contributed by atoms with van der Waals surface area (Å²) in [4.78, 5) is 23.0. The topological polar surface area (TPSA) is 106 Å². The van der Waals surface area contributed by atoms with E-state index in [1.807, 2.05) is 12.1 Å². The minimum Gasteiger partial charge on any atom is -0.314 e. The first-order valence-electron chi connectivity index (χ1n) is 11.2. The molecule has 1 saturated carbocycles. The zero-order chi connectivity index (χ0) is 24.3. The molecule has 1 aliphatic heterocycles. The lowest BCUT2D eigenvalue weighted by Gasteiger charge is -2.33. The number of hydrazine groups is 1. The molecule has 35 heavy (non-hydrogen) atoms. The predicted octanol–water partition coefficient (Wildman–Crippen LogP) is 2.94. The lowest BCUT2D eigenvalue weighted by atomic mass is 10.1. The first-order chi connectivity index (χ1) is 16.9. The second kappa shape index (κ2) is 8.40. The van der Waals surface area contributed by atoms with E-state index in [1.165, 1.54) is 6.20 Å². The Morgan fingerprint density at radius 2 is 2.00 bits per heavy atom. The van der Waals surface area contributed by atoms with Gasteiger partial charge in [0, 0.05) is 43.3 Å². The Bertz CT molecular complexity index is 1450. The van der Waals surface area contributed by atoms with Gasteiger partial charge in [0.2, 0.25) is 5.91 Å². The number of alkyl halides is 1. The maximum atomic E-state index is 15.6. The van der Waals surface area contributed by atoms with Gasteiger partial charge < -0.3 is 20.0 Å². The quantitative estimate of drug-likeness (QED) is 0.386. The summed E-state index contributed by atoms with van der Waals surface area (Å²) in [6.07, 6.45) is 5.45. The van der Waals surface area contributed by atoms with Crippen LogP contribution in [0.1, 0.15) is 6.42 Å². The van der Waals surface area contributed by atoms with Gasteiger partial charge >= 0.3 is 0 Å². The molecule has 182 valence electrons. The highest BCUT2D eigenvalue weighted by atomic mass is 35.5. The Morgan fingerprint density at radius 3 is 2.74 bits per heavy atom. The molecule has 13 heteroatoms. The molecule has 6 rings (SSSR count). The van der Waals surface area contributed by atoms with Crippen LogP contribution in [0.4, 0.5) is 20.3 Å². The van der Waals surface area contributed by atoms with Crippen molar-refractivity contribution in [2.24, 2.45) is 5.92 Å². The van der Waals surface area contributed by atoms with E-state index >= 15 is 4.39 Å². The Hall–Kier alpha value is -3.35. The number of aromatic nitrogens is 5. The van der Waals surface area contributed by atoms with Crippen molar-refractivity contribution in [1.29, 1.82) is 0 Å². The molecule has 1 amide bonds. The number of rotatable bonds is 5. The number of imidazole rings is 1. The third kappa shape index (κ3) is 3.97. The van der Waals surface area contributed by atoms with Crippen LogP contribution in [-0.2, 0) is 4.79 Å². The largest absolute Gasteiger partial charge is 0.314 e. The second-order valence-corrected chi connectivity index (χ2v) is 9.33. The van der Waals surface area contributed by atoms with E-state index < -0.39 is 23.8 Å². The monoisotopic (exact) mass is 501 g/mol. The summed E-state index contributed by atoms with van der Waals surface area (Å²) in [5.74, 6) is -1.35. The van der Waals surface area contributed by atoms with Gasteiger partial charge in [0.15, 0.2) is 17.3 Å². The number of carbonyl (C=O) groups excluding carboxylic acids is 1. The van der Waals surface area contributed by atoms with E-state index in [4.69, 9.17) is 11.6 Å². The molecule has 3 N–H and O–H groups in total. The molecule has 1 saturated heterocycles. The van der Waals surface area contributed by atoms with Crippen LogP contribution in [0.5, 0.6) is 0 Å². The number of likely N-dealkylation sites (N-methyl/N-ethyl adjacent to an activating group) is 1. The van der Waals surface area contributed by atoms with Crippen LogP contribution in [0.2, 0.25) is 5.02 Å². The van der Waals surface area contributed by atoms with Crippen LogP contribution in [0.3, 0.4) is 0 Å². The zero-order valence-corrected chi connectivity index (χ0v) is 19.5. The number of hydrogen-bond donors (Lipinski definition) is 3. The van der Waals surface area contributed by atoms with E-state index in [9.17, 15) is 9.18 Å². The predicted molar refractivity (Wildman–Crippen MR) is 127 cm³/mol. The fourth-order valence-electron chi connectivity index (χ4n) is 4.29. The van der Waals surface area contributed by atoms with Gasteiger partial charge in [-0.05, 0) is 13.5 Å². The molecule has 2 fully saturated rings. The number of carbonyl (C=O) groups is 1. The minimum atomic E-state index is -1.09. The van der Waals surface area contributed by atoms with Gasteiger partial charge in [-0.15, -0.1) is 0 Å². The Labute approximate surface area is 203 Å². The van der Waals surface area contributed by atoms with Crippen molar-refractivity contribution in [2.75, 3.05) is 44.0 Å². The molecule has 2 atom stereocenters. The van der Waals surface area contributed by atoms with Crippen molar-refractivity contribution < 1.29 is 13.6 Å². The van der Waals surface area contributed by atoms with Gasteiger partial charge in [-0.2, -0.15) is 5.10 Å². The molecule has 3 aromatic heterocycles. The standard InChI is InChI=1S/C22H22ClF2N9O/c1-32-2-4-34(5-3-32)31-21-19(25)18(23)17(12-7-27-30-20(12)21)14-9-33-10-15(28-16(33)8-26-14)29-22(35)11-6-13(11)24/h7-11,13,31H,2-6H2,1H3,(H,27,30)(H,29,35). The highest BCUT2D eigenvalue weighted by Gasteiger charge is 2.43. The number of amides is 1. The van der Waals surface area contributed by atoms with Crippen molar-refractivity contribution in [3.8, 4) is 11.3 Å². The summed E-state index contributed by atoms with van der Waals surface area (Å²) in [6.45, 7) is 3.18. The second-order valence-electron chi connectivity index (χ2n) is 8.95. The lowest BCUT2D eigenvalue weighted by molar-refractivity contribution is -0.117. The van der Waals surface area contributed by atoms with Crippen LogP contribution in [0, 0.1) is 11.7 Å². The maximum absolute atomic E-state index is 15.6. The first-order valence-corrected chi connectivity index (χ1v) is 11.6. The molecule has 1 aliphatic carbocycles. The average molecular weight is 502 g/mol. The number of nitrogens with one attached hydrogen (secondary N) is 3. The number of benzene rings is 1. The highest BCUT2D eigenvalue weighted by Crippen LogP contribution is 2.41. The molecule has 10 nitrogen and oxygen atoms in total. The van der Waals surface area contributed by atoms with Crippen molar-refractivity contribution in [2.45, 2.75) is 12.6 Å². The lowest BCUT2D eigenvalue weighted by Crippen LogP contribution is -2.47. The van der Waals surface area contributed by atoms with Crippen molar-refractivity contribution in [3.05, 3.63) is 35.6 Å². The van der Waals surface area contributed by atoms with Crippen LogP contribution < -0.4 is 10.7 Å². The maximum Gasteiger partial charge on any atom is 0.231 e. The van der Waals surface area contributed by atoms with Gasteiger partial charge in [-0.1, -0.05) is 11.6 Å². The van der Waals surface area contributed by atoms with Crippen molar-refractivity contribution in [1.82, 2.24) is 34.5 Å². The van der Waals surface area contributed by atoms with Gasteiger partial charge in [0.05, 0.1) is 40.7 Å². The molecule has 0 radical (unpaired) electrons. The summed E-state index contributed by atoms with van der Waals surface area (Å²) >= 11 is 6.55. The van der Waals surface area contributed by atoms with E-state index in [0.29, 0.717) is 27.8 Å². The number of halogens is 3. The van der Waals surface area contributed by atoms with Crippen LogP contribution >= 0.6 is 11.6 Å². The molecule has 4 heterocycles. The number of hydrogen-bond acceptors (Lipinski definition) is 7. The first kappa shape index (κ1) is 22.1. The molecule has 0 bridgehead atoms. The van der Waals surface area contributed by atoms with Crippen molar-refractivity contribution >= 4 is 45.6 Å². The van der Waals surface area contributed by atoms with Crippen LogP contribution in [-0.4, -0.2) is 79.8 Å².